The van der Waals surface area contributed by atoms with Crippen molar-refractivity contribution >= 4 is 33.2 Å². The Kier molecular flexibility index (Phi) is 4.51. The van der Waals surface area contributed by atoms with Crippen LogP contribution < -0.4 is 5.32 Å². The van der Waals surface area contributed by atoms with Gasteiger partial charge in [0, 0.05) is 22.3 Å². The van der Waals surface area contributed by atoms with Crippen molar-refractivity contribution in [1.29, 1.82) is 0 Å². The first-order valence-corrected chi connectivity index (χ1v) is 10.2. The molecule has 2 aromatic carbocycles. The molecular formula is C21H17FN6OS. The van der Waals surface area contributed by atoms with Gasteiger partial charge in [0.15, 0.2) is 4.96 Å². The predicted octanol–water partition coefficient (Wildman–Crippen LogP) is 3.57. The van der Waals surface area contributed by atoms with Gasteiger partial charge in [0.2, 0.25) is 5.91 Å². The van der Waals surface area contributed by atoms with Crippen molar-refractivity contribution in [3.8, 4) is 11.3 Å². The normalized spacial score (nSPS) is 11.4. The average Bonchev–Trinajstić information content (AvgIpc) is 3.42. The van der Waals surface area contributed by atoms with Crippen molar-refractivity contribution in [3.63, 3.8) is 0 Å². The number of nitrogens with zero attached hydrogens (tertiary/aromatic N) is 5. The Labute approximate surface area is 174 Å². The Balaban J connectivity index is 1.29. The van der Waals surface area contributed by atoms with Crippen molar-refractivity contribution in [3.05, 3.63) is 71.1 Å². The maximum Gasteiger partial charge on any atom is 0.242 e. The zero-order valence-corrected chi connectivity index (χ0v) is 16.9. The van der Waals surface area contributed by atoms with Crippen LogP contribution in [0.1, 0.15) is 10.6 Å². The number of para-hydroxylation sites is 1. The van der Waals surface area contributed by atoms with E-state index in [0.717, 1.165) is 37.8 Å². The van der Waals surface area contributed by atoms with E-state index in [4.69, 9.17) is 0 Å². The van der Waals surface area contributed by atoms with Crippen molar-refractivity contribution in [2.75, 3.05) is 0 Å². The second kappa shape index (κ2) is 7.34. The van der Waals surface area contributed by atoms with Crippen LogP contribution in [0.25, 0.3) is 27.3 Å². The molecule has 5 rings (SSSR count). The van der Waals surface area contributed by atoms with E-state index < -0.39 is 0 Å². The monoisotopic (exact) mass is 420 g/mol. The van der Waals surface area contributed by atoms with Crippen molar-refractivity contribution < 1.29 is 9.18 Å². The highest BCUT2D eigenvalue weighted by Gasteiger charge is 2.14. The number of hydrogen-bond donors (Lipinski definition) is 1. The number of aromatic nitrogens is 5. The highest BCUT2D eigenvalue weighted by atomic mass is 32.1. The zero-order valence-electron chi connectivity index (χ0n) is 16.0. The van der Waals surface area contributed by atoms with Gasteiger partial charge in [-0.05, 0) is 43.3 Å². The molecule has 3 heterocycles. The molecule has 9 heteroatoms. The largest absolute Gasteiger partial charge is 0.350 e. The summed E-state index contributed by atoms with van der Waals surface area (Å²) in [6.07, 6.45) is 1.93. The number of imidazole rings is 1. The van der Waals surface area contributed by atoms with Crippen LogP contribution in [0.3, 0.4) is 0 Å². The number of nitrogens with one attached hydrogen (secondary N) is 1. The summed E-state index contributed by atoms with van der Waals surface area (Å²) in [6.45, 7) is 2.51. The lowest BCUT2D eigenvalue weighted by Gasteiger charge is -2.05. The molecule has 3 aromatic heterocycles. The van der Waals surface area contributed by atoms with Crippen LogP contribution in [-0.2, 0) is 17.9 Å². The molecule has 5 aromatic rings. The zero-order chi connectivity index (χ0) is 20.7. The van der Waals surface area contributed by atoms with Crippen LogP contribution in [0.15, 0.2) is 54.7 Å². The maximum absolute atomic E-state index is 13.1. The minimum atomic E-state index is -0.270. The van der Waals surface area contributed by atoms with Crippen molar-refractivity contribution in [1.82, 2.24) is 29.7 Å². The number of hydrogen-bond acceptors (Lipinski definition) is 5. The minimum Gasteiger partial charge on any atom is -0.350 e. The smallest absolute Gasteiger partial charge is 0.242 e. The molecule has 0 bridgehead atoms. The molecule has 7 nitrogen and oxygen atoms in total. The SMILES string of the molecule is Cc1c(CNC(=O)Cn2nnc3ccccc32)sc2nc(-c3ccc(F)cc3)cn12. The molecule has 30 heavy (non-hydrogen) atoms. The van der Waals surface area contributed by atoms with Crippen LogP contribution in [0.5, 0.6) is 0 Å². The molecule has 1 amide bonds. The molecule has 0 atom stereocenters. The first kappa shape index (κ1) is 18.4. The number of fused-ring (bicyclic) bond motifs is 2. The lowest BCUT2D eigenvalue weighted by atomic mass is 10.2. The van der Waals surface area contributed by atoms with E-state index in [1.54, 1.807) is 16.8 Å². The minimum absolute atomic E-state index is 0.108. The first-order chi connectivity index (χ1) is 14.6. The molecule has 0 radical (unpaired) electrons. The van der Waals surface area contributed by atoms with Gasteiger partial charge >= 0.3 is 0 Å². The Morgan fingerprint density at radius 2 is 1.97 bits per heavy atom. The molecule has 0 unspecified atom stereocenters. The van der Waals surface area contributed by atoms with E-state index in [2.05, 4.69) is 20.6 Å². The van der Waals surface area contributed by atoms with Gasteiger partial charge in [-0.1, -0.05) is 28.7 Å². The lowest BCUT2D eigenvalue weighted by molar-refractivity contribution is -0.121. The highest BCUT2D eigenvalue weighted by Crippen LogP contribution is 2.27. The van der Waals surface area contributed by atoms with Crippen LogP contribution in [-0.4, -0.2) is 30.3 Å². The second-order valence-electron chi connectivity index (χ2n) is 6.91. The Bertz CT molecular complexity index is 1370. The van der Waals surface area contributed by atoms with Gasteiger partial charge in [-0.2, -0.15) is 0 Å². The highest BCUT2D eigenvalue weighted by molar-refractivity contribution is 7.17. The molecule has 0 fully saturated rings. The van der Waals surface area contributed by atoms with Gasteiger partial charge < -0.3 is 5.32 Å². The van der Waals surface area contributed by atoms with Crippen molar-refractivity contribution in [2.24, 2.45) is 0 Å². The lowest BCUT2D eigenvalue weighted by Crippen LogP contribution is -2.27. The second-order valence-corrected chi connectivity index (χ2v) is 7.97. The number of carbonyl (C=O) groups is 1. The number of rotatable bonds is 5. The number of benzene rings is 2. The van der Waals surface area contributed by atoms with Crippen LogP contribution in [0.2, 0.25) is 0 Å². The molecule has 0 aliphatic carbocycles. The van der Waals surface area contributed by atoms with E-state index in [1.165, 1.54) is 23.5 Å². The average molecular weight is 420 g/mol. The van der Waals surface area contributed by atoms with Gasteiger partial charge in [0.1, 0.15) is 17.9 Å². The molecule has 0 saturated heterocycles. The summed E-state index contributed by atoms with van der Waals surface area (Å²) in [4.78, 5) is 18.9. The molecule has 150 valence electrons. The number of thiazole rings is 1. The summed E-state index contributed by atoms with van der Waals surface area (Å²) in [5.41, 5.74) is 4.26. The fourth-order valence-corrected chi connectivity index (χ4v) is 4.37. The van der Waals surface area contributed by atoms with E-state index >= 15 is 0 Å². The number of halogens is 1. The Hall–Kier alpha value is -3.59. The van der Waals surface area contributed by atoms with Gasteiger partial charge in [0.05, 0.1) is 17.8 Å². The summed E-state index contributed by atoms with van der Waals surface area (Å²) in [5, 5.41) is 11.1. The van der Waals surface area contributed by atoms with Gasteiger partial charge in [0.25, 0.3) is 0 Å². The number of aryl methyl sites for hydroxylation is 1. The quantitative estimate of drug-likeness (QED) is 0.472. The maximum atomic E-state index is 13.1. The number of carbonyl (C=O) groups excluding carboxylic acids is 1. The standard InChI is InChI=1S/C21H17FN6OS/c1-13-19(10-23-20(29)12-28-18-5-3-2-4-16(18)25-26-28)30-21-24-17(11-27(13)21)14-6-8-15(22)9-7-14/h2-9,11H,10,12H2,1H3,(H,23,29). The van der Waals surface area contributed by atoms with Crippen LogP contribution in [0, 0.1) is 12.7 Å². The Morgan fingerprint density at radius 1 is 1.17 bits per heavy atom. The van der Waals surface area contributed by atoms with Gasteiger partial charge in [-0.25, -0.2) is 14.1 Å². The molecule has 0 aliphatic rings. The number of amides is 1. The summed E-state index contributed by atoms with van der Waals surface area (Å²) < 4.78 is 16.7. The van der Waals surface area contributed by atoms with E-state index in [9.17, 15) is 9.18 Å². The molecule has 0 saturated carbocycles. The summed E-state index contributed by atoms with van der Waals surface area (Å²) in [6, 6.07) is 13.8. The van der Waals surface area contributed by atoms with Crippen molar-refractivity contribution in [2.45, 2.75) is 20.0 Å². The van der Waals surface area contributed by atoms with Crippen LogP contribution in [0.4, 0.5) is 4.39 Å². The third-order valence-electron chi connectivity index (χ3n) is 4.95. The molecule has 1 N–H and O–H groups in total. The fraction of sp³-hybridized carbons (Fsp3) is 0.143. The van der Waals surface area contributed by atoms with Gasteiger partial charge in [-0.15, -0.1) is 5.10 Å². The topological polar surface area (TPSA) is 77.1 Å². The van der Waals surface area contributed by atoms with E-state index in [-0.39, 0.29) is 18.3 Å². The summed E-state index contributed by atoms with van der Waals surface area (Å²) in [5.74, 6) is -0.407. The third kappa shape index (κ3) is 3.33. The summed E-state index contributed by atoms with van der Waals surface area (Å²) in [7, 11) is 0. The Morgan fingerprint density at radius 3 is 2.77 bits per heavy atom. The van der Waals surface area contributed by atoms with E-state index in [0.29, 0.717) is 6.54 Å². The third-order valence-corrected chi connectivity index (χ3v) is 6.11. The molecule has 0 aliphatic heterocycles. The molecule has 0 spiro atoms. The predicted molar refractivity (Wildman–Crippen MR) is 113 cm³/mol. The summed E-state index contributed by atoms with van der Waals surface area (Å²) >= 11 is 1.52. The first-order valence-electron chi connectivity index (χ1n) is 9.37. The fourth-order valence-electron chi connectivity index (χ4n) is 3.32. The van der Waals surface area contributed by atoms with E-state index in [1.807, 2.05) is 41.8 Å². The molecular weight excluding hydrogens is 403 g/mol. The van der Waals surface area contributed by atoms with Crippen LogP contribution >= 0.6 is 11.3 Å². The van der Waals surface area contributed by atoms with Gasteiger partial charge in [-0.3, -0.25) is 9.20 Å².